The summed E-state index contributed by atoms with van der Waals surface area (Å²) in [5.74, 6) is 1.64. The fourth-order valence-corrected chi connectivity index (χ4v) is 3.61. The second-order valence-corrected chi connectivity index (χ2v) is 6.35. The molecule has 0 aliphatic carbocycles. The molecule has 2 aliphatic heterocycles. The quantitative estimate of drug-likeness (QED) is 0.916. The highest BCUT2D eigenvalue weighted by Gasteiger charge is 2.36. The first-order valence-corrected chi connectivity index (χ1v) is 7.78. The molecule has 0 amide bonds. The van der Waals surface area contributed by atoms with Crippen LogP contribution in [0.25, 0.3) is 11.3 Å². The van der Waals surface area contributed by atoms with Gasteiger partial charge in [0.2, 0.25) is 0 Å². The summed E-state index contributed by atoms with van der Waals surface area (Å²) >= 11 is 0. The molecule has 0 saturated carbocycles. The molecule has 1 aromatic heterocycles. The maximum Gasteiger partial charge on any atom is 0.0703 e. The minimum Gasteiger partial charge on any atom is -0.370 e. The summed E-state index contributed by atoms with van der Waals surface area (Å²) in [6.07, 6.45) is 2.03. The summed E-state index contributed by atoms with van der Waals surface area (Å²) in [4.78, 5) is 7.16. The molecule has 2 aromatic rings. The number of pyridine rings is 1. The van der Waals surface area contributed by atoms with Crippen LogP contribution in [0.5, 0.6) is 0 Å². The standard InChI is InChI=1S/C18H21N3/c1-13-3-2-4-14(7-13)18-6-5-17(10-20-18)21-11-15-8-19-9-16(15)12-21/h2-7,10,15-16,19H,8-9,11-12H2,1H3. The van der Waals surface area contributed by atoms with Crippen molar-refractivity contribution in [3.05, 3.63) is 48.2 Å². The van der Waals surface area contributed by atoms with Gasteiger partial charge in [-0.15, -0.1) is 0 Å². The summed E-state index contributed by atoms with van der Waals surface area (Å²) in [6.45, 7) is 6.81. The second-order valence-electron chi connectivity index (χ2n) is 6.35. The van der Waals surface area contributed by atoms with Crippen LogP contribution in [0.2, 0.25) is 0 Å². The lowest BCUT2D eigenvalue weighted by atomic mass is 10.0. The molecule has 2 atom stereocenters. The highest BCUT2D eigenvalue weighted by Crippen LogP contribution is 2.30. The molecule has 1 N–H and O–H groups in total. The first-order chi connectivity index (χ1) is 10.3. The molecule has 0 spiro atoms. The van der Waals surface area contributed by atoms with Crippen molar-refractivity contribution >= 4 is 5.69 Å². The van der Waals surface area contributed by atoms with E-state index in [1.807, 2.05) is 6.20 Å². The van der Waals surface area contributed by atoms with Crippen LogP contribution >= 0.6 is 0 Å². The Morgan fingerprint density at radius 3 is 2.57 bits per heavy atom. The van der Waals surface area contributed by atoms with Crippen LogP contribution in [-0.4, -0.2) is 31.2 Å². The minimum atomic E-state index is 0.821. The number of aromatic nitrogens is 1. The van der Waals surface area contributed by atoms with Gasteiger partial charge in [0.1, 0.15) is 0 Å². The molecule has 21 heavy (non-hydrogen) atoms. The Bertz CT molecular complexity index is 623. The number of anilines is 1. The molecule has 4 rings (SSSR count). The zero-order chi connectivity index (χ0) is 14.2. The minimum absolute atomic E-state index is 0.821. The Hall–Kier alpha value is -1.87. The van der Waals surface area contributed by atoms with Gasteiger partial charge >= 0.3 is 0 Å². The van der Waals surface area contributed by atoms with Crippen molar-refractivity contribution in [1.82, 2.24) is 10.3 Å². The van der Waals surface area contributed by atoms with Gasteiger partial charge in [0.15, 0.2) is 0 Å². The summed E-state index contributed by atoms with van der Waals surface area (Å²) in [5, 5.41) is 3.49. The van der Waals surface area contributed by atoms with Crippen molar-refractivity contribution in [3.8, 4) is 11.3 Å². The third-order valence-electron chi connectivity index (χ3n) is 4.82. The zero-order valence-electron chi connectivity index (χ0n) is 12.4. The predicted molar refractivity (Wildman–Crippen MR) is 86.5 cm³/mol. The monoisotopic (exact) mass is 279 g/mol. The van der Waals surface area contributed by atoms with E-state index in [0.717, 1.165) is 17.5 Å². The Labute approximate surface area is 126 Å². The van der Waals surface area contributed by atoms with Gasteiger partial charge in [-0.3, -0.25) is 4.98 Å². The number of nitrogens with zero attached hydrogens (tertiary/aromatic N) is 2. The van der Waals surface area contributed by atoms with E-state index in [-0.39, 0.29) is 0 Å². The van der Waals surface area contributed by atoms with Crippen molar-refractivity contribution < 1.29 is 0 Å². The van der Waals surface area contributed by atoms with Crippen molar-refractivity contribution in [2.75, 3.05) is 31.1 Å². The average molecular weight is 279 g/mol. The number of hydrogen-bond donors (Lipinski definition) is 1. The highest BCUT2D eigenvalue weighted by molar-refractivity contribution is 5.62. The first-order valence-electron chi connectivity index (χ1n) is 7.78. The van der Waals surface area contributed by atoms with Gasteiger partial charge < -0.3 is 10.2 Å². The second kappa shape index (κ2) is 5.15. The van der Waals surface area contributed by atoms with E-state index in [4.69, 9.17) is 0 Å². The van der Waals surface area contributed by atoms with E-state index < -0.39 is 0 Å². The van der Waals surface area contributed by atoms with Crippen LogP contribution in [0.4, 0.5) is 5.69 Å². The van der Waals surface area contributed by atoms with Crippen molar-refractivity contribution in [2.45, 2.75) is 6.92 Å². The predicted octanol–water partition coefficient (Wildman–Crippen LogP) is 2.71. The number of benzene rings is 1. The number of aryl methyl sites for hydroxylation is 1. The third kappa shape index (κ3) is 2.42. The van der Waals surface area contributed by atoms with Gasteiger partial charge in [-0.1, -0.05) is 23.8 Å². The zero-order valence-corrected chi connectivity index (χ0v) is 12.4. The molecule has 108 valence electrons. The summed E-state index contributed by atoms with van der Waals surface area (Å²) in [5.41, 5.74) is 4.80. The summed E-state index contributed by atoms with van der Waals surface area (Å²) < 4.78 is 0. The van der Waals surface area contributed by atoms with Crippen molar-refractivity contribution in [1.29, 1.82) is 0 Å². The van der Waals surface area contributed by atoms with Crippen LogP contribution in [0, 0.1) is 18.8 Å². The smallest absolute Gasteiger partial charge is 0.0703 e. The van der Waals surface area contributed by atoms with E-state index in [9.17, 15) is 0 Å². The maximum atomic E-state index is 4.67. The molecule has 2 aliphatic rings. The Kier molecular flexibility index (Phi) is 3.15. The molecular weight excluding hydrogens is 258 g/mol. The molecule has 1 aromatic carbocycles. The lowest BCUT2D eigenvalue weighted by Gasteiger charge is -2.19. The van der Waals surface area contributed by atoms with Gasteiger partial charge in [-0.2, -0.15) is 0 Å². The lowest BCUT2D eigenvalue weighted by molar-refractivity contribution is 0.533. The first kappa shape index (κ1) is 12.8. The van der Waals surface area contributed by atoms with E-state index in [1.165, 1.54) is 43.0 Å². The number of hydrogen-bond acceptors (Lipinski definition) is 3. The normalized spacial score (nSPS) is 24.3. The third-order valence-corrected chi connectivity index (χ3v) is 4.82. The number of nitrogens with one attached hydrogen (secondary N) is 1. The Morgan fingerprint density at radius 1 is 1.10 bits per heavy atom. The molecule has 2 saturated heterocycles. The number of fused-ring (bicyclic) bond motifs is 1. The summed E-state index contributed by atoms with van der Waals surface area (Å²) in [7, 11) is 0. The van der Waals surface area contributed by atoms with Crippen LogP contribution in [0.1, 0.15) is 5.56 Å². The molecule has 2 unspecified atom stereocenters. The van der Waals surface area contributed by atoms with Gasteiger partial charge in [0.25, 0.3) is 0 Å². The SMILES string of the molecule is Cc1cccc(-c2ccc(N3CC4CNCC4C3)cn2)c1. The van der Waals surface area contributed by atoms with Crippen molar-refractivity contribution in [2.24, 2.45) is 11.8 Å². The van der Waals surface area contributed by atoms with Crippen LogP contribution in [-0.2, 0) is 0 Å². The molecule has 0 radical (unpaired) electrons. The van der Waals surface area contributed by atoms with E-state index in [2.05, 4.69) is 58.5 Å². The summed E-state index contributed by atoms with van der Waals surface area (Å²) in [6, 6.07) is 12.9. The largest absolute Gasteiger partial charge is 0.370 e. The topological polar surface area (TPSA) is 28.2 Å². The average Bonchev–Trinajstić information content (AvgIpc) is 3.09. The molecule has 0 bridgehead atoms. The molecular formula is C18H21N3. The lowest BCUT2D eigenvalue weighted by Crippen LogP contribution is -2.25. The molecule has 3 heteroatoms. The Balaban J connectivity index is 1.54. The molecule has 3 heterocycles. The van der Waals surface area contributed by atoms with Gasteiger partial charge in [0.05, 0.1) is 17.6 Å². The van der Waals surface area contributed by atoms with Gasteiger partial charge in [-0.05, 0) is 37.0 Å². The maximum absolute atomic E-state index is 4.67. The van der Waals surface area contributed by atoms with E-state index >= 15 is 0 Å². The van der Waals surface area contributed by atoms with Gasteiger partial charge in [0, 0.05) is 31.7 Å². The van der Waals surface area contributed by atoms with Gasteiger partial charge in [-0.25, -0.2) is 0 Å². The Morgan fingerprint density at radius 2 is 1.90 bits per heavy atom. The fraction of sp³-hybridized carbons (Fsp3) is 0.389. The molecule has 2 fully saturated rings. The van der Waals surface area contributed by atoms with Crippen LogP contribution in [0.15, 0.2) is 42.6 Å². The van der Waals surface area contributed by atoms with E-state index in [0.29, 0.717) is 0 Å². The van der Waals surface area contributed by atoms with Crippen molar-refractivity contribution in [3.63, 3.8) is 0 Å². The molecule has 3 nitrogen and oxygen atoms in total. The van der Waals surface area contributed by atoms with Crippen LogP contribution < -0.4 is 10.2 Å². The van der Waals surface area contributed by atoms with E-state index in [1.54, 1.807) is 0 Å². The fourth-order valence-electron chi connectivity index (χ4n) is 3.61. The number of rotatable bonds is 2. The van der Waals surface area contributed by atoms with Crippen LogP contribution in [0.3, 0.4) is 0 Å². The highest BCUT2D eigenvalue weighted by atomic mass is 15.2.